The Hall–Kier alpha value is -2.88. The molecule has 0 aromatic heterocycles. The number of aryl methyl sites for hydroxylation is 2. The van der Waals surface area contributed by atoms with Crippen molar-refractivity contribution >= 4 is 17.3 Å². The number of anilines is 1. The molecule has 2 aromatic carbocycles. The second kappa shape index (κ2) is 12.0. The van der Waals surface area contributed by atoms with E-state index in [1.807, 2.05) is 48.5 Å². The Bertz CT molecular complexity index is 876. The zero-order valence-corrected chi connectivity index (χ0v) is 18.7. The van der Waals surface area contributed by atoms with Crippen LogP contribution in [0.1, 0.15) is 57.2 Å². The van der Waals surface area contributed by atoms with Gasteiger partial charge < -0.3 is 10.4 Å². The first kappa shape index (κ1) is 23.4. The molecule has 0 radical (unpaired) electrons. The zero-order valence-electron chi connectivity index (χ0n) is 18.7. The van der Waals surface area contributed by atoms with Crippen molar-refractivity contribution in [3.05, 3.63) is 76.6 Å². The second-order valence-corrected chi connectivity index (χ2v) is 7.42. The van der Waals surface area contributed by atoms with Gasteiger partial charge in [-0.1, -0.05) is 75.7 Å². The molecule has 0 spiro atoms. The van der Waals surface area contributed by atoms with Gasteiger partial charge in [0.1, 0.15) is 5.76 Å². The average molecular weight is 407 g/mol. The van der Waals surface area contributed by atoms with Crippen LogP contribution in [0.25, 0.3) is 0 Å². The number of nitrogens with one attached hydrogen (secondary N) is 1. The SMILES string of the molecule is CCCCN=C(C)/C(C(=O)Nc1c(CC)cccc1CC)=C(/O)Cc1ccccc1. The largest absolute Gasteiger partial charge is 0.511 e. The number of benzene rings is 2. The summed E-state index contributed by atoms with van der Waals surface area (Å²) in [5.74, 6) is -0.264. The third kappa shape index (κ3) is 6.31. The van der Waals surface area contributed by atoms with Crippen LogP contribution >= 0.6 is 0 Å². The number of unbranched alkanes of at least 4 members (excludes halogenated alkanes) is 1. The van der Waals surface area contributed by atoms with E-state index in [1.165, 1.54) is 0 Å². The summed E-state index contributed by atoms with van der Waals surface area (Å²) in [4.78, 5) is 17.9. The van der Waals surface area contributed by atoms with Gasteiger partial charge in [-0.05, 0) is 42.9 Å². The summed E-state index contributed by atoms with van der Waals surface area (Å²) in [6.07, 6.45) is 3.91. The number of amides is 1. The Kier molecular flexibility index (Phi) is 9.33. The molecule has 0 aliphatic heterocycles. The van der Waals surface area contributed by atoms with E-state index < -0.39 is 0 Å². The molecule has 2 rings (SSSR count). The quantitative estimate of drug-likeness (QED) is 0.218. The summed E-state index contributed by atoms with van der Waals surface area (Å²) in [5, 5.41) is 14.0. The molecule has 0 saturated carbocycles. The summed E-state index contributed by atoms with van der Waals surface area (Å²) < 4.78 is 0. The molecular formula is C26H34N2O2. The predicted molar refractivity (Wildman–Crippen MR) is 127 cm³/mol. The van der Waals surface area contributed by atoms with Gasteiger partial charge in [0.2, 0.25) is 0 Å². The molecule has 2 N–H and O–H groups in total. The van der Waals surface area contributed by atoms with Gasteiger partial charge in [-0.15, -0.1) is 0 Å². The molecule has 0 heterocycles. The van der Waals surface area contributed by atoms with E-state index in [1.54, 1.807) is 6.92 Å². The minimum atomic E-state index is -0.309. The maximum atomic E-state index is 13.3. The topological polar surface area (TPSA) is 61.7 Å². The zero-order chi connectivity index (χ0) is 21.9. The molecule has 0 bridgehead atoms. The minimum absolute atomic E-state index is 0.0449. The van der Waals surface area contributed by atoms with E-state index in [0.29, 0.717) is 18.7 Å². The maximum absolute atomic E-state index is 13.3. The number of carbonyl (C=O) groups excluding carboxylic acids is 1. The van der Waals surface area contributed by atoms with Gasteiger partial charge in [0.25, 0.3) is 5.91 Å². The molecule has 160 valence electrons. The second-order valence-electron chi connectivity index (χ2n) is 7.42. The van der Waals surface area contributed by atoms with Crippen molar-refractivity contribution in [2.45, 2.75) is 59.8 Å². The number of hydrogen-bond acceptors (Lipinski definition) is 3. The number of rotatable bonds is 10. The highest BCUT2D eigenvalue weighted by molar-refractivity contribution is 6.25. The number of aliphatic imine (C=N–C) groups is 1. The van der Waals surface area contributed by atoms with Crippen LogP contribution in [0, 0.1) is 0 Å². The van der Waals surface area contributed by atoms with E-state index in [-0.39, 0.29) is 17.2 Å². The highest BCUT2D eigenvalue weighted by Gasteiger charge is 2.21. The van der Waals surface area contributed by atoms with Crippen LogP contribution in [-0.2, 0) is 24.1 Å². The van der Waals surface area contributed by atoms with Crippen LogP contribution in [0.3, 0.4) is 0 Å². The van der Waals surface area contributed by atoms with Crippen LogP contribution in [0.4, 0.5) is 5.69 Å². The number of allylic oxidation sites excluding steroid dienone is 1. The van der Waals surface area contributed by atoms with Crippen molar-refractivity contribution in [2.75, 3.05) is 11.9 Å². The van der Waals surface area contributed by atoms with E-state index in [2.05, 4.69) is 31.1 Å². The third-order valence-corrected chi connectivity index (χ3v) is 5.19. The van der Waals surface area contributed by atoms with Gasteiger partial charge in [0, 0.05) is 24.4 Å². The van der Waals surface area contributed by atoms with Crippen molar-refractivity contribution < 1.29 is 9.90 Å². The lowest BCUT2D eigenvalue weighted by Crippen LogP contribution is -2.23. The lowest BCUT2D eigenvalue weighted by atomic mass is 10.0. The van der Waals surface area contributed by atoms with E-state index in [9.17, 15) is 9.90 Å². The molecule has 0 saturated heterocycles. The molecule has 0 atom stereocenters. The maximum Gasteiger partial charge on any atom is 0.260 e. The minimum Gasteiger partial charge on any atom is -0.511 e. The average Bonchev–Trinajstić information content (AvgIpc) is 2.74. The Morgan fingerprint density at radius 3 is 2.17 bits per heavy atom. The van der Waals surface area contributed by atoms with Crippen molar-refractivity contribution in [1.29, 1.82) is 0 Å². The van der Waals surface area contributed by atoms with Crippen molar-refractivity contribution in [1.82, 2.24) is 0 Å². The summed E-state index contributed by atoms with van der Waals surface area (Å²) in [6.45, 7) is 8.70. The monoisotopic (exact) mass is 406 g/mol. The molecule has 2 aromatic rings. The Morgan fingerprint density at radius 2 is 1.60 bits per heavy atom. The standard InChI is InChI=1S/C26H34N2O2/c1-5-8-17-27-19(4)24(23(29)18-20-13-10-9-11-14-20)26(30)28-25-21(6-2)15-12-16-22(25)7-3/h9-16,29H,5-8,17-18H2,1-4H3,(H,28,30)/b24-23-,27-19?. The number of para-hydroxylation sites is 1. The van der Waals surface area contributed by atoms with Crippen LogP contribution in [0.2, 0.25) is 0 Å². The van der Waals surface area contributed by atoms with Crippen LogP contribution in [0.15, 0.2) is 64.9 Å². The molecule has 0 aliphatic carbocycles. The summed E-state index contributed by atoms with van der Waals surface area (Å²) in [5.41, 5.74) is 4.81. The van der Waals surface area contributed by atoms with E-state index in [4.69, 9.17) is 0 Å². The van der Waals surface area contributed by atoms with E-state index in [0.717, 1.165) is 48.1 Å². The first-order valence-electron chi connectivity index (χ1n) is 10.9. The molecule has 0 aliphatic rings. The number of aliphatic hydroxyl groups is 1. The van der Waals surface area contributed by atoms with Gasteiger partial charge in [-0.25, -0.2) is 0 Å². The third-order valence-electron chi connectivity index (χ3n) is 5.19. The van der Waals surface area contributed by atoms with Crippen molar-refractivity contribution in [2.24, 2.45) is 4.99 Å². The van der Waals surface area contributed by atoms with Gasteiger partial charge >= 0.3 is 0 Å². The van der Waals surface area contributed by atoms with Gasteiger partial charge in [-0.2, -0.15) is 0 Å². The fraction of sp³-hybridized carbons (Fsp3) is 0.385. The Balaban J connectivity index is 2.42. The highest BCUT2D eigenvalue weighted by Crippen LogP contribution is 2.24. The Labute approximate surface area is 180 Å². The van der Waals surface area contributed by atoms with Crippen molar-refractivity contribution in [3.8, 4) is 0 Å². The molecular weight excluding hydrogens is 372 g/mol. The molecule has 4 heteroatoms. The van der Waals surface area contributed by atoms with Gasteiger partial charge in [0.15, 0.2) is 0 Å². The smallest absolute Gasteiger partial charge is 0.260 e. The van der Waals surface area contributed by atoms with E-state index >= 15 is 0 Å². The lowest BCUT2D eigenvalue weighted by Gasteiger charge is -2.17. The first-order valence-corrected chi connectivity index (χ1v) is 10.9. The normalized spacial score (nSPS) is 12.5. The molecule has 4 nitrogen and oxygen atoms in total. The van der Waals surface area contributed by atoms with Crippen molar-refractivity contribution in [3.63, 3.8) is 0 Å². The number of carbonyl (C=O) groups is 1. The fourth-order valence-electron chi connectivity index (χ4n) is 3.44. The highest BCUT2D eigenvalue weighted by atomic mass is 16.3. The Morgan fingerprint density at radius 1 is 0.967 bits per heavy atom. The molecule has 0 fully saturated rings. The van der Waals surface area contributed by atoms with Gasteiger partial charge in [-0.3, -0.25) is 9.79 Å². The van der Waals surface area contributed by atoms with Crippen LogP contribution in [-0.4, -0.2) is 23.3 Å². The summed E-state index contributed by atoms with van der Waals surface area (Å²) in [6, 6.07) is 15.8. The first-order chi connectivity index (χ1) is 14.5. The fourth-order valence-corrected chi connectivity index (χ4v) is 3.44. The molecule has 30 heavy (non-hydrogen) atoms. The van der Waals surface area contributed by atoms with Crippen LogP contribution < -0.4 is 5.32 Å². The predicted octanol–water partition coefficient (Wildman–Crippen LogP) is 6.07. The lowest BCUT2D eigenvalue weighted by molar-refractivity contribution is -0.112. The van der Waals surface area contributed by atoms with Crippen LogP contribution in [0.5, 0.6) is 0 Å². The summed E-state index contributed by atoms with van der Waals surface area (Å²) >= 11 is 0. The number of aliphatic hydroxyl groups excluding tert-OH is 1. The molecule has 1 amide bonds. The summed E-state index contributed by atoms with van der Waals surface area (Å²) in [7, 11) is 0. The number of hydrogen-bond donors (Lipinski definition) is 2. The number of nitrogens with zero attached hydrogens (tertiary/aromatic N) is 1. The van der Waals surface area contributed by atoms with Gasteiger partial charge in [0.05, 0.1) is 5.57 Å². The molecule has 0 unspecified atom stereocenters.